The van der Waals surface area contributed by atoms with Gasteiger partial charge in [0.2, 0.25) is 0 Å². The zero-order chi connectivity index (χ0) is 14.6. The molecule has 0 heterocycles. The number of aromatic carboxylic acids is 1. The molecule has 0 bridgehead atoms. The maximum Gasteiger partial charge on any atom is 0.337 e. The maximum absolute atomic E-state index is 11.1. The van der Waals surface area contributed by atoms with Crippen LogP contribution in [0.5, 0.6) is 0 Å². The Morgan fingerprint density at radius 3 is 2.58 bits per heavy atom. The van der Waals surface area contributed by atoms with Crippen LogP contribution in [0.3, 0.4) is 0 Å². The third kappa shape index (κ3) is 3.67. The summed E-state index contributed by atoms with van der Waals surface area (Å²) in [5, 5.41) is 22.9. The van der Waals surface area contributed by atoms with Crippen LogP contribution in [0.4, 0.5) is 11.4 Å². The van der Waals surface area contributed by atoms with Crippen LogP contribution >= 0.6 is 0 Å². The fourth-order valence-corrected chi connectivity index (χ4v) is 1.69. The molecule has 0 saturated heterocycles. The van der Waals surface area contributed by atoms with Gasteiger partial charge in [-0.05, 0) is 18.9 Å². The Bertz CT molecular complexity index is 488. The Balaban J connectivity index is 3.11. The normalized spacial score (nSPS) is 13.6. The number of carboxylic acid groups (broad SMARTS) is 1. The van der Waals surface area contributed by atoms with Gasteiger partial charge in [0.1, 0.15) is 0 Å². The standard InChI is InChI=1S/C13H18N2O4/c1-4-8(2)9(3)14-12-7-10(15(18)19)5-6-11(12)13(16)17/h5-9,14H,4H2,1-3H3,(H,16,17). The lowest BCUT2D eigenvalue weighted by Crippen LogP contribution is -2.24. The predicted octanol–water partition coefficient (Wildman–Crippen LogP) is 3.14. The summed E-state index contributed by atoms with van der Waals surface area (Å²) in [4.78, 5) is 21.3. The van der Waals surface area contributed by atoms with E-state index in [0.717, 1.165) is 6.42 Å². The fraction of sp³-hybridized carbons (Fsp3) is 0.462. The number of nitrogens with zero attached hydrogens (tertiary/aromatic N) is 1. The van der Waals surface area contributed by atoms with Crippen molar-refractivity contribution in [3.63, 3.8) is 0 Å². The van der Waals surface area contributed by atoms with Crippen LogP contribution in [0.2, 0.25) is 0 Å². The van der Waals surface area contributed by atoms with Gasteiger partial charge < -0.3 is 10.4 Å². The predicted molar refractivity (Wildman–Crippen MR) is 72.6 cm³/mol. The van der Waals surface area contributed by atoms with Crippen molar-refractivity contribution >= 4 is 17.3 Å². The van der Waals surface area contributed by atoms with Crippen molar-refractivity contribution in [1.29, 1.82) is 0 Å². The third-order valence-corrected chi connectivity index (χ3v) is 3.33. The molecule has 0 aliphatic carbocycles. The molecule has 0 aliphatic heterocycles. The highest BCUT2D eigenvalue weighted by Gasteiger charge is 2.18. The van der Waals surface area contributed by atoms with Gasteiger partial charge in [-0.25, -0.2) is 4.79 Å². The molecular weight excluding hydrogens is 248 g/mol. The molecule has 0 aromatic heterocycles. The van der Waals surface area contributed by atoms with Gasteiger partial charge in [0.05, 0.1) is 16.2 Å². The van der Waals surface area contributed by atoms with Gasteiger partial charge >= 0.3 is 5.97 Å². The van der Waals surface area contributed by atoms with Gasteiger partial charge in [-0.3, -0.25) is 10.1 Å². The van der Waals surface area contributed by atoms with E-state index < -0.39 is 10.9 Å². The van der Waals surface area contributed by atoms with Crippen molar-refractivity contribution in [1.82, 2.24) is 0 Å². The molecule has 0 radical (unpaired) electrons. The second-order valence-electron chi connectivity index (χ2n) is 4.61. The quantitative estimate of drug-likeness (QED) is 0.609. The van der Waals surface area contributed by atoms with E-state index in [9.17, 15) is 14.9 Å². The first-order valence-corrected chi connectivity index (χ1v) is 6.15. The van der Waals surface area contributed by atoms with E-state index in [4.69, 9.17) is 5.11 Å². The molecule has 6 heteroatoms. The highest BCUT2D eigenvalue weighted by molar-refractivity contribution is 5.94. The molecule has 2 N–H and O–H groups in total. The molecule has 0 aliphatic rings. The highest BCUT2D eigenvalue weighted by atomic mass is 16.6. The zero-order valence-corrected chi connectivity index (χ0v) is 11.2. The number of rotatable bonds is 6. The van der Waals surface area contributed by atoms with Gasteiger partial charge in [0.25, 0.3) is 5.69 Å². The Kier molecular flexibility index (Phi) is 4.86. The van der Waals surface area contributed by atoms with Gasteiger partial charge in [-0.2, -0.15) is 0 Å². The maximum atomic E-state index is 11.1. The van der Waals surface area contributed by atoms with Crippen molar-refractivity contribution in [3.8, 4) is 0 Å². The summed E-state index contributed by atoms with van der Waals surface area (Å²) in [5.41, 5.74) is 0.208. The summed E-state index contributed by atoms with van der Waals surface area (Å²) in [6.45, 7) is 6.00. The molecule has 0 amide bonds. The first kappa shape index (κ1) is 14.9. The van der Waals surface area contributed by atoms with Crippen LogP contribution in [-0.4, -0.2) is 22.0 Å². The molecule has 19 heavy (non-hydrogen) atoms. The summed E-state index contributed by atoms with van der Waals surface area (Å²) in [5.74, 6) is -0.769. The highest BCUT2D eigenvalue weighted by Crippen LogP contribution is 2.25. The number of benzene rings is 1. The van der Waals surface area contributed by atoms with Gasteiger partial charge in [-0.1, -0.05) is 20.3 Å². The van der Waals surface area contributed by atoms with Crippen LogP contribution < -0.4 is 5.32 Å². The number of nitro benzene ring substituents is 1. The number of anilines is 1. The van der Waals surface area contributed by atoms with E-state index in [1.165, 1.54) is 18.2 Å². The van der Waals surface area contributed by atoms with Crippen molar-refractivity contribution in [2.75, 3.05) is 5.32 Å². The molecule has 0 fully saturated rings. The minimum atomic E-state index is -1.10. The van der Waals surface area contributed by atoms with Crippen LogP contribution in [-0.2, 0) is 0 Å². The molecule has 0 spiro atoms. The lowest BCUT2D eigenvalue weighted by molar-refractivity contribution is -0.384. The summed E-state index contributed by atoms with van der Waals surface area (Å²) >= 11 is 0. The molecule has 1 rings (SSSR count). The topological polar surface area (TPSA) is 92.5 Å². The number of hydrogen-bond acceptors (Lipinski definition) is 4. The number of hydrogen-bond donors (Lipinski definition) is 2. The second kappa shape index (κ2) is 6.17. The molecule has 6 nitrogen and oxygen atoms in total. The SMILES string of the molecule is CCC(C)C(C)Nc1cc([N+](=O)[O-])ccc1C(=O)O. The minimum absolute atomic E-state index is 0.0325. The number of carboxylic acids is 1. The summed E-state index contributed by atoms with van der Waals surface area (Å²) in [7, 11) is 0. The average molecular weight is 266 g/mol. The minimum Gasteiger partial charge on any atom is -0.478 e. The number of nitrogens with one attached hydrogen (secondary N) is 1. The van der Waals surface area contributed by atoms with Gasteiger partial charge in [0, 0.05) is 18.2 Å². The third-order valence-electron chi connectivity index (χ3n) is 3.33. The number of carbonyl (C=O) groups is 1. The molecule has 2 atom stereocenters. The van der Waals surface area contributed by atoms with Crippen LogP contribution in [0.1, 0.15) is 37.6 Å². The van der Waals surface area contributed by atoms with Gasteiger partial charge in [-0.15, -0.1) is 0 Å². The van der Waals surface area contributed by atoms with Crippen molar-refractivity contribution in [2.45, 2.75) is 33.2 Å². The largest absolute Gasteiger partial charge is 0.478 e. The average Bonchev–Trinajstić information content (AvgIpc) is 2.37. The smallest absolute Gasteiger partial charge is 0.337 e. The second-order valence-corrected chi connectivity index (χ2v) is 4.61. The van der Waals surface area contributed by atoms with Crippen LogP contribution in [0.15, 0.2) is 18.2 Å². The van der Waals surface area contributed by atoms with E-state index in [1.54, 1.807) is 0 Å². The first-order chi connectivity index (χ1) is 8.86. The monoisotopic (exact) mass is 266 g/mol. The molecule has 104 valence electrons. The fourth-order valence-electron chi connectivity index (χ4n) is 1.69. The molecule has 1 aromatic carbocycles. The van der Waals surface area contributed by atoms with Crippen molar-refractivity contribution < 1.29 is 14.8 Å². The lowest BCUT2D eigenvalue weighted by Gasteiger charge is -2.22. The van der Waals surface area contributed by atoms with Crippen molar-refractivity contribution in [2.24, 2.45) is 5.92 Å². The molecular formula is C13H18N2O4. The summed E-state index contributed by atoms with van der Waals surface area (Å²) in [6.07, 6.45) is 0.936. The van der Waals surface area contributed by atoms with Crippen LogP contribution in [0, 0.1) is 16.0 Å². The van der Waals surface area contributed by atoms with E-state index in [2.05, 4.69) is 5.32 Å². The summed E-state index contributed by atoms with van der Waals surface area (Å²) < 4.78 is 0. The molecule has 0 saturated carbocycles. The van der Waals surface area contributed by atoms with Crippen molar-refractivity contribution in [3.05, 3.63) is 33.9 Å². The van der Waals surface area contributed by atoms with Crippen LogP contribution in [0.25, 0.3) is 0 Å². The number of non-ortho nitro benzene ring substituents is 1. The van der Waals surface area contributed by atoms with E-state index in [0.29, 0.717) is 5.92 Å². The lowest BCUT2D eigenvalue weighted by atomic mass is 10.00. The Morgan fingerprint density at radius 2 is 2.11 bits per heavy atom. The number of nitro groups is 1. The van der Waals surface area contributed by atoms with Gasteiger partial charge in [0.15, 0.2) is 0 Å². The summed E-state index contributed by atoms with van der Waals surface area (Å²) in [6, 6.07) is 3.75. The van der Waals surface area contributed by atoms with E-state index in [1.807, 2.05) is 20.8 Å². The van der Waals surface area contributed by atoms with E-state index in [-0.39, 0.29) is 23.0 Å². The Hall–Kier alpha value is -2.11. The molecule has 2 unspecified atom stereocenters. The van der Waals surface area contributed by atoms with E-state index >= 15 is 0 Å². The Labute approximate surface area is 111 Å². The first-order valence-electron chi connectivity index (χ1n) is 6.15. The molecule has 1 aromatic rings. The zero-order valence-electron chi connectivity index (χ0n) is 11.2. The Morgan fingerprint density at radius 1 is 1.47 bits per heavy atom.